The average molecular weight is 1790 g/mol. The number of aromatic amines is 1. The van der Waals surface area contributed by atoms with Crippen LogP contribution in [0.5, 0.6) is 5.75 Å². The van der Waals surface area contributed by atoms with E-state index in [-0.39, 0.29) is 140 Å². The standard InChI is InChI=1S/C92H132N18O19/c1-9-11-25-72-85(122)100-65(40-53(3)4)82(119)96-37-19-17-30-79(115)98-67(42-55-31-33-59(111)34-32-55)89(126)108-38-20-18-28-73(108)86(123)103-69(47-78(95)114)90(127)109-39-21-29-74(109)87(124)104-70(48-94)84(121)101-66(41-54(5)6)91(128)110-51-60(112)46-76(110)77(113)45-56(43-57-49-97-63-24-15-13-22-61(57)63)81(118)99-64(35-36-93)83(120)102-68(88(125)106(8)75(26-12-10-2)92(129)105(72)7)44-58-50-107(52-80(116)117)71-27-16-14-23-62(58)71/h13-16,22-24,27,31-34,49-50,53-54,56,60,64-70,72-76,97,111-112H,9-12,17-21,25-26,28-30,35-48,51-52,93-94H2,1-8H3,(H2,95,114)(H,96,119)(H,98,115)(H,99,118)(H,100,122)(H,101,121)(H,102,120)(H,103,123)(H,104,124)(H,116,117)/t56-,60-,64+,65+,66+,67+,68+,69+,70+,72+,73+,74+,75+,76+/m1/s1. The number of Topliss-reactive ketones (excluding diaryl/α,β-unsaturated/α-hetero) is 1. The number of fused-ring (bicyclic) bond motifs is 5. The Hall–Kier alpha value is -11.9. The number of carbonyl (C=O) groups is 16. The first-order chi connectivity index (χ1) is 61.5. The van der Waals surface area contributed by atoms with Gasteiger partial charge in [0.2, 0.25) is 82.7 Å². The molecule has 5 aromatic rings. The van der Waals surface area contributed by atoms with E-state index in [9.17, 15) is 53.7 Å². The minimum absolute atomic E-state index is 0.0308. The molecule has 0 radical (unpaired) electrons. The van der Waals surface area contributed by atoms with Crippen molar-refractivity contribution in [3.05, 3.63) is 102 Å². The molecule has 4 aliphatic heterocycles. The number of hydrogen-bond acceptors (Lipinski definition) is 20. The summed E-state index contributed by atoms with van der Waals surface area (Å²) in [6.45, 7) is 9.41. The Morgan fingerprint density at radius 1 is 0.527 bits per heavy atom. The zero-order valence-corrected chi connectivity index (χ0v) is 75.3. The molecule has 14 atom stereocenters. The van der Waals surface area contributed by atoms with Crippen LogP contribution in [0.1, 0.15) is 187 Å². The van der Waals surface area contributed by atoms with Crippen LogP contribution in [0.4, 0.5) is 0 Å². The molecule has 18 N–H and O–H groups in total. The van der Waals surface area contributed by atoms with Crippen molar-refractivity contribution in [1.29, 1.82) is 0 Å². The monoisotopic (exact) mass is 1790 g/mol. The number of benzene rings is 3. The van der Waals surface area contributed by atoms with Gasteiger partial charge in [0.05, 0.1) is 18.6 Å². The van der Waals surface area contributed by atoms with E-state index >= 15 is 38.4 Å². The highest BCUT2D eigenvalue weighted by Crippen LogP contribution is 2.31. The molecule has 2 aromatic heterocycles. The molecule has 0 aliphatic carbocycles. The number of phenolic OH excluding ortho intramolecular Hbond substituents is 1. The molecule has 0 unspecified atom stereocenters. The predicted octanol–water partition coefficient (Wildman–Crippen LogP) is 1.85. The van der Waals surface area contributed by atoms with E-state index < -0.39 is 211 Å². The summed E-state index contributed by atoms with van der Waals surface area (Å²) in [5.41, 5.74) is 21.0. The van der Waals surface area contributed by atoms with Gasteiger partial charge in [0.15, 0.2) is 5.78 Å². The van der Waals surface area contributed by atoms with Gasteiger partial charge in [-0.3, -0.25) is 76.7 Å². The highest BCUT2D eigenvalue weighted by Gasteiger charge is 2.47. The van der Waals surface area contributed by atoms with Crippen molar-refractivity contribution in [3.8, 4) is 5.75 Å². The van der Waals surface area contributed by atoms with Crippen molar-refractivity contribution in [3.63, 3.8) is 0 Å². The van der Waals surface area contributed by atoms with Crippen molar-refractivity contribution in [2.45, 2.75) is 274 Å². The minimum atomic E-state index is -1.68. The first-order valence-corrected chi connectivity index (χ1v) is 45.4. The summed E-state index contributed by atoms with van der Waals surface area (Å²) >= 11 is 0. The smallest absolute Gasteiger partial charge is 0.323 e. The van der Waals surface area contributed by atoms with Gasteiger partial charge in [0.25, 0.3) is 0 Å². The number of aromatic hydroxyl groups is 1. The van der Waals surface area contributed by atoms with Crippen molar-refractivity contribution in [1.82, 2.24) is 76.6 Å². The molecular weight excluding hydrogens is 1660 g/mol. The highest BCUT2D eigenvalue weighted by molar-refractivity contribution is 6.02. The number of piperidine rings is 1. The molecule has 4 aliphatic rings. The number of aliphatic carboxylic acids is 1. The average Bonchev–Trinajstić information content (AvgIpc) is 1.70. The number of nitrogens with one attached hydrogen (secondary N) is 9. The zero-order valence-electron chi connectivity index (χ0n) is 75.3. The first kappa shape index (κ1) is 101. The molecular formula is C92H132N18O19. The number of nitrogens with two attached hydrogens (primary N) is 3. The maximum Gasteiger partial charge on any atom is 0.323 e. The highest BCUT2D eigenvalue weighted by atomic mass is 16.4. The largest absolute Gasteiger partial charge is 0.508 e. The number of unbranched alkanes of at least 4 members (excludes halogenated alkanes) is 2. The molecule has 704 valence electrons. The van der Waals surface area contributed by atoms with Gasteiger partial charge in [-0.2, -0.15) is 0 Å². The number of aliphatic hydroxyl groups excluding tert-OH is 1. The van der Waals surface area contributed by atoms with Crippen LogP contribution < -0.4 is 59.7 Å². The minimum Gasteiger partial charge on any atom is -0.508 e. The number of aromatic nitrogens is 2. The fourth-order valence-corrected chi connectivity index (χ4v) is 17.9. The van der Waals surface area contributed by atoms with E-state index in [1.807, 2.05) is 39.8 Å². The SMILES string of the molecule is CCCC[C@H]1C(=O)N(C)[C@@H](CCCC)C(=O)N[C@@H](CC(C)C)C(=O)NCCCCC(=O)N[C@@H](Cc2ccc(O)cc2)C(=O)N2CCCC[C@H]2C(=O)N[C@@H](CC(N)=O)C(=O)N2CCC[C@H]2C(=O)N[C@@H](CN)C(=O)N[C@@H](CC(C)C)C(=O)N2C[C@H](O)C[C@H]2C(=O)C[C@@H](Cc2c[nH]c3ccccc23)C(=O)N[C@@H](CCN)C(=O)N[C@@H](Cc2cn(CC(=O)O)c3ccccc23)C(=O)N1C. The Balaban J connectivity index is 1.08. The molecule has 0 saturated carbocycles. The van der Waals surface area contributed by atoms with Crippen molar-refractivity contribution < 1.29 is 92.0 Å². The Kier molecular flexibility index (Phi) is 37.5. The van der Waals surface area contributed by atoms with Crippen LogP contribution in [0.25, 0.3) is 21.8 Å². The second-order valence-electron chi connectivity index (χ2n) is 35.5. The molecule has 9 rings (SSSR count). The van der Waals surface area contributed by atoms with E-state index in [0.29, 0.717) is 77.0 Å². The van der Waals surface area contributed by atoms with Crippen molar-refractivity contribution in [2.75, 3.05) is 53.4 Å². The van der Waals surface area contributed by atoms with Gasteiger partial charge in [-0.05, 0) is 143 Å². The zero-order chi connectivity index (χ0) is 94.0. The van der Waals surface area contributed by atoms with Crippen molar-refractivity contribution >= 4 is 116 Å². The van der Waals surface area contributed by atoms with Crippen LogP contribution in [0.3, 0.4) is 0 Å². The number of carboxylic acids is 1. The van der Waals surface area contributed by atoms with Crippen molar-refractivity contribution in [2.24, 2.45) is 35.0 Å². The lowest BCUT2D eigenvalue weighted by molar-refractivity contribution is -0.149. The first-order valence-electron chi connectivity index (χ1n) is 45.4. The maximum absolute atomic E-state index is 15.9. The summed E-state index contributed by atoms with van der Waals surface area (Å²) in [5.74, 6) is -14.7. The summed E-state index contributed by atoms with van der Waals surface area (Å²) in [7, 11) is 2.84. The summed E-state index contributed by atoms with van der Waals surface area (Å²) in [5, 5.41) is 55.4. The van der Waals surface area contributed by atoms with Crippen LogP contribution >= 0.6 is 0 Å². The third kappa shape index (κ3) is 27.4. The predicted molar refractivity (Wildman–Crippen MR) is 478 cm³/mol. The van der Waals surface area contributed by atoms with Crippen LogP contribution in [0.15, 0.2) is 85.2 Å². The van der Waals surface area contributed by atoms with Gasteiger partial charge in [0, 0.05) is 119 Å². The van der Waals surface area contributed by atoms with E-state index in [1.165, 1.54) is 45.5 Å². The van der Waals surface area contributed by atoms with Crippen LogP contribution in [0, 0.1) is 17.8 Å². The number of nitrogens with zero attached hydrogens (tertiary/aromatic N) is 6. The molecule has 37 heteroatoms. The van der Waals surface area contributed by atoms with Crippen LogP contribution in [-0.2, 0) is 103 Å². The van der Waals surface area contributed by atoms with Gasteiger partial charge in [-0.15, -0.1) is 0 Å². The van der Waals surface area contributed by atoms with E-state index in [2.05, 4.69) is 47.5 Å². The van der Waals surface area contributed by atoms with E-state index in [4.69, 9.17) is 17.2 Å². The lowest BCUT2D eigenvalue weighted by Gasteiger charge is -2.38. The maximum atomic E-state index is 15.9. The molecule has 0 spiro atoms. The second kappa shape index (κ2) is 48.0. The topological polar surface area (TPSA) is 545 Å². The van der Waals surface area contributed by atoms with Gasteiger partial charge in [0.1, 0.15) is 78.8 Å². The van der Waals surface area contributed by atoms with Gasteiger partial charge >= 0.3 is 5.97 Å². The number of ketones is 1. The molecule has 14 amide bonds. The molecule has 4 saturated heterocycles. The lowest BCUT2D eigenvalue weighted by Crippen LogP contribution is -2.62. The molecule has 0 bridgehead atoms. The molecule has 3 aromatic carbocycles. The molecule has 4 fully saturated rings. The van der Waals surface area contributed by atoms with E-state index in [1.54, 1.807) is 74.8 Å². The summed E-state index contributed by atoms with van der Waals surface area (Å²) in [6.07, 6.45) is 3.27. The normalized spacial score (nSPS) is 25.5. The van der Waals surface area contributed by atoms with E-state index in [0.717, 1.165) is 9.80 Å². The molecule has 37 nitrogen and oxygen atoms in total. The Labute approximate surface area is 751 Å². The fraction of sp³-hybridized carbons (Fsp3) is 0.587. The van der Waals surface area contributed by atoms with Crippen LogP contribution in [0.2, 0.25) is 0 Å². The number of aliphatic hydroxyl groups is 1. The fourth-order valence-electron chi connectivity index (χ4n) is 17.9. The number of carbonyl (C=O) groups excluding carboxylic acids is 15. The molecule has 6 heterocycles. The number of primary amides is 1. The number of hydrogen-bond donors (Lipinski definition) is 15. The number of phenols is 1. The molecule has 129 heavy (non-hydrogen) atoms. The van der Waals surface area contributed by atoms with Crippen LogP contribution in [-0.4, -0.2) is 276 Å². The van der Waals surface area contributed by atoms with Gasteiger partial charge in [-0.1, -0.05) is 116 Å². The summed E-state index contributed by atoms with van der Waals surface area (Å²) in [6, 6.07) is 3.30. The second-order valence-corrected chi connectivity index (χ2v) is 35.5. The Morgan fingerprint density at radius 2 is 1.09 bits per heavy atom. The summed E-state index contributed by atoms with van der Waals surface area (Å²) in [4.78, 5) is 245. The summed E-state index contributed by atoms with van der Waals surface area (Å²) < 4.78 is 1.48. The number of carboxylic acid groups (broad SMARTS) is 1. The Bertz CT molecular complexity index is 4800. The number of amides is 14. The Morgan fingerprint density at radius 3 is 1.74 bits per heavy atom. The number of para-hydroxylation sites is 2. The quantitative estimate of drug-likeness (QED) is 0.0444. The van der Waals surface area contributed by atoms with Gasteiger partial charge in [-0.25, -0.2) is 0 Å². The lowest BCUT2D eigenvalue weighted by atomic mass is 9.90. The number of rotatable bonds is 23. The third-order valence-corrected chi connectivity index (χ3v) is 24.7. The third-order valence-electron chi connectivity index (χ3n) is 24.7. The van der Waals surface area contributed by atoms with Gasteiger partial charge < -0.3 is 109 Å². The number of H-pyrrole nitrogens is 1. The number of likely N-dealkylation sites (N-methyl/N-ethyl adjacent to an activating group) is 2.